The SMILES string of the molecule is Cc1cnc(Cl)nc1C1CC[I-]1. The number of halogens is 2. The van der Waals surface area contributed by atoms with Crippen molar-refractivity contribution in [3.05, 3.63) is 22.7 Å². The van der Waals surface area contributed by atoms with Crippen LogP contribution in [0, 0.1) is 6.92 Å². The fourth-order valence-corrected chi connectivity index (χ4v) is 3.61. The number of alkyl halides is 2. The molecule has 1 saturated heterocycles. The van der Waals surface area contributed by atoms with Crippen molar-refractivity contribution in [2.45, 2.75) is 17.3 Å². The van der Waals surface area contributed by atoms with E-state index in [1.54, 1.807) is 0 Å². The quantitative estimate of drug-likeness (QED) is 0.376. The van der Waals surface area contributed by atoms with Crippen molar-refractivity contribution in [3.8, 4) is 0 Å². The molecule has 66 valence electrons. The summed E-state index contributed by atoms with van der Waals surface area (Å²) < 4.78 is 2.19. The minimum atomic E-state index is 0.368. The van der Waals surface area contributed by atoms with Crippen molar-refractivity contribution >= 4 is 11.6 Å². The predicted octanol–water partition coefficient (Wildman–Crippen LogP) is -1.03. The van der Waals surface area contributed by atoms with E-state index in [1.807, 2.05) is 6.20 Å². The van der Waals surface area contributed by atoms with Crippen LogP contribution < -0.4 is 21.2 Å². The summed E-state index contributed by atoms with van der Waals surface area (Å²) in [5, 5.41) is 0.395. The topological polar surface area (TPSA) is 25.8 Å². The predicted molar refractivity (Wildman–Crippen MR) is 44.0 cm³/mol. The Balaban J connectivity index is 2.34. The third-order valence-corrected chi connectivity index (χ3v) is 5.64. The van der Waals surface area contributed by atoms with Gasteiger partial charge in [0.05, 0.1) is 0 Å². The van der Waals surface area contributed by atoms with Gasteiger partial charge in [-0.25, -0.2) is 0 Å². The average molecular weight is 296 g/mol. The number of rotatable bonds is 1. The Morgan fingerprint density at radius 3 is 3.00 bits per heavy atom. The molecular formula is C8H9ClIN2-. The van der Waals surface area contributed by atoms with E-state index < -0.39 is 0 Å². The van der Waals surface area contributed by atoms with Crippen LogP contribution in [0.2, 0.25) is 5.28 Å². The van der Waals surface area contributed by atoms with E-state index in [0.717, 1.165) is 3.92 Å². The molecule has 2 heterocycles. The molecule has 1 aliphatic rings. The third kappa shape index (κ3) is 1.57. The molecule has 1 fully saturated rings. The summed E-state index contributed by atoms with van der Waals surface area (Å²) in [7, 11) is 0. The molecule has 0 N–H and O–H groups in total. The van der Waals surface area contributed by atoms with Crippen molar-refractivity contribution < 1.29 is 21.2 Å². The van der Waals surface area contributed by atoms with Gasteiger partial charge in [-0.3, -0.25) is 0 Å². The van der Waals surface area contributed by atoms with Crippen LogP contribution in [0.25, 0.3) is 0 Å². The fraction of sp³-hybridized carbons (Fsp3) is 0.500. The minimum absolute atomic E-state index is 0.368. The van der Waals surface area contributed by atoms with Gasteiger partial charge in [-0.05, 0) is 0 Å². The van der Waals surface area contributed by atoms with Crippen molar-refractivity contribution in [1.29, 1.82) is 0 Å². The Bertz CT molecular complexity index is 299. The van der Waals surface area contributed by atoms with Gasteiger partial charge in [0.1, 0.15) is 0 Å². The first kappa shape index (κ1) is 8.69. The molecule has 12 heavy (non-hydrogen) atoms. The first-order chi connectivity index (χ1) is 5.77. The van der Waals surface area contributed by atoms with Crippen LogP contribution in [0.4, 0.5) is 0 Å². The van der Waals surface area contributed by atoms with E-state index in [0.29, 0.717) is 26.5 Å². The molecule has 0 spiro atoms. The van der Waals surface area contributed by atoms with Crippen LogP contribution in [-0.4, -0.2) is 14.4 Å². The summed E-state index contributed by atoms with van der Waals surface area (Å²) in [4.78, 5) is 8.22. The molecule has 0 aromatic carbocycles. The molecule has 0 aliphatic carbocycles. The zero-order valence-electron chi connectivity index (χ0n) is 6.72. The summed E-state index contributed by atoms with van der Waals surface area (Å²) in [6, 6.07) is 0. The van der Waals surface area contributed by atoms with Gasteiger partial charge in [0.15, 0.2) is 0 Å². The zero-order valence-corrected chi connectivity index (χ0v) is 9.63. The Morgan fingerprint density at radius 1 is 1.67 bits per heavy atom. The Kier molecular flexibility index (Phi) is 2.50. The van der Waals surface area contributed by atoms with Crippen molar-refractivity contribution in [3.63, 3.8) is 0 Å². The molecule has 0 bridgehead atoms. The molecule has 1 aromatic heterocycles. The average Bonchev–Trinajstić information content (AvgIpc) is 1.93. The molecule has 2 nitrogen and oxygen atoms in total. The molecule has 0 radical (unpaired) electrons. The molecule has 0 amide bonds. The number of hydrogen-bond donors (Lipinski definition) is 0. The number of aryl methyl sites for hydroxylation is 1. The molecule has 1 aromatic rings. The first-order valence-electron chi connectivity index (χ1n) is 3.84. The van der Waals surface area contributed by atoms with Gasteiger partial charge in [-0.15, -0.1) is 0 Å². The maximum atomic E-state index is 5.73. The summed E-state index contributed by atoms with van der Waals surface area (Å²) in [6.07, 6.45) is 3.13. The third-order valence-electron chi connectivity index (χ3n) is 1.94. The molecule has 0 saturated carbocycles. The van der Waals surface area contributed by atoms with Gasteiger partial charge in [-0.1, -0.05) is 0 Å². The Hall–Kier alpha value is 0.1000. The number of aromatic nitrogens is 2. The summed E-state index contributed by atoms with van der Waals surface area (Å²) in [5.74, 6) is 0. The van der Waals surface area contributed by atoms with Gasteiger partial charge < -0.3 is 0 Å². The van der Waals surface area contributed by atoms with E-state index in [4.69, 9.17) is 11.6 Å². The summed E-state index contributed by atoms with van der Waals surface area (Å²) in [5.41, 5.74) is 2.40. The van der Waals surface area contributed by atoms with Crippen LogP contribution >= 0.6 is 11.6 Å². The van der Waals surface area contributed by atoms with Crippen LogP contribution in [-0.2, 0) is 0 Å². The number of hydrogen-bond acceptors (Lipinski definition) is 2. The van der Waals surface area contributed by atoms with Crippen molar-refractivity contribution in [2.24, 2.45) is 0 Å². The van der Waals surface area contributed by atoms with E-state index in [1.165, 1.54) is 22.1 Å². The van der Waals surface area contributed by atoms with Gasteiger partial charge in [0.2, 0.25) is 0 Å². The van der Waals surface area contributed by atoms with Crippen LogP contribution in [0.5, 0.6) is 0 Å². The van der Waals surface area contributed by atoms with Gasteiger partial charge >= 0.3 is 87.2 Å². The van der Waals surface area contributed by atoms with Crippen molar-refractivity contribution in [2.75, 3.05) is 4.43 Å². The molecule has 2 rings (SSSR count). The molecule has 1 unspecified atom stereocenters. The van der Waals surface area contributed by atoms with E-state index in [9.17, 15) is 0 Å². The summed E-state index contributed by atoms with van der Waals surface area (Å²) >= 11 is 6.10. The molecular weight excluding hydrogens is 286 g/mol. The molecule has 1 aliphatic heterocycles. The normalized spacial score (nSPS) is 22.7. The Morgan fingerprint density at radius 2 is 2.42 bits per heavy atom. The maximum absolute atomic E-state index is 5.73. The monoisotopic (exact) mass is 295 g/mol. The second kappa shape index (κ2) is 3.46. The van der Waals surface area contributed by atoms with Gasteiger partial charge in [0, 0.05) is 0 Å². The van der Waals surface area contributed by atoms with E-state index >= 15 is 0 Å². The van der Waals surface area contributed by atoms with E-state index in [2.05, 4.69) is 16.9 Å². The van der Waals surface area contributed by atoms with Crippen LogP contribution in [0.15, 0.2) is 6.20 Å². The first-order valence-corrected chi connectivity index (χ1v) is 6.99. The Labute approximate surface area is 87.0 Å². The standard InChI is InChI=1S/C8H9ClIN2/c1-5-4-11-8(9)12-7(5)6-2-3-10-6/h4,6H,2-3H2,1H3/q-1. The molecule has 1 atom stereocenters. The van der Waals surface area contributed by atoms with Gasteiger partial charge in [0.25, 0.3) is 0 Å². The van der Waals surface area contributed by atoms with Crippen LogP contribution in [0.1, 0.15) is 21.6 Å². The second-order valence-corrected chi connectivity index (χ2v) is 6.61. The second-order valence-electron chi connectivity index (χ2n) is 2.81. The van der Waals surface area contributed by atoms with Gasteiger partial charge in [-0.2, -0.15) is 0 Å². The zero-order chi connectivity index (χ0) is 8.55. The van der Waals surface area contributed by atoms with E-state index in [-0.39, 0.29) is 0 Å². The van der Waals surface area contributed by atoms with Crippen molar-refractivity contribution in [1.82, 2.24) is 9.97 Å². The van der Waals surface area contributed by atoms with Crippen LogP contribution in [0.3, 0.4) is 0 Å². The molecule has 4 heteroatoms. The number of nitrogens with zero attached hydrogens (tertiary/aromatic N) is 2. The summed E-state index contributed by atoms with van der Waals surface area (Å²) in [6.45, 7) is 2.06. The fourth-order valence-electron chi connectivity index (χ4n) is 1.18.